The van der Waals surface area contributed by atoms with Crippen molar-refractivity contribution in [2.24, 2.45) is 0 Å². The topological polar surface area (TPSA) is 54.5 Å². The molecule has 1 heterocycles. The highest BCUT2D eigenvalue weighted by Gasteiger charge is 2.38. The van der Waals surface area contributed by atoms with Gasteiger partial charge in [0.25, 0.3) is 0 Å². The molecular formula is C11H11ClINO3S. The molecule has 1 aromatic carbocycles. The molecule has 0 spiro atoms. The lowest BCUT2D eigenvalue weighted by molar-refractivity contribution is -0.114. The van der Waals surface area contributed by atoms with E-state index in [4.69, 9.17) is 11.6 Å². The van der Waals surface area contributed by atoms with Crippen LogP contribution in [0.25, 0.3) is 0 Å². The quantitative estimate of drug-likeness (QED) is 0.578. The second kappa shape index (κ2) is 5.44. The number of carbonyl (C=O) groups excluding carboxylic acids is 1. The van der Waals surface area contributed by atoms with Gasteiger partial charge >= 0.3 is 0 Å². The Morgan fingerprint density at radius 1 is 1.33 bits per heavy atom. The first kappa shape index (κ1) is 14.2. The number of rotatable bonds is 3. The summed E-state index contributed by atoms with van der Waals surface area (Å²) in [7, 11) is -3.62. The highest BCUT2D eigenvalue weighted by Crippen LogP contribution is 2.27. The van der Waals surface area contributed by atoms with Gasteiger partial charge in [-0.1, -0.05) is 0 Å². The van der Waals surface area contributed by atoms with E-state index in [1.54, 1.807) is 24.3 Å². The number of carbonyl (C=O) groups is 1. The Hall–Kier alpha value is -0.180. The number of benzene rings is 1. The number of sulfonamides is 1. The third kappa shape index (κ3) is 2.71. The van der Waals surface area contributed by atoms with Gasteiger partial charge in [-0.3, -0.25) is 4.79 Å². The van der Waals surface area contributed by atoms with Crippen molar-refractivity contribution in [3.8, 4) is 0 Å². The molecule has 1 aliphatic rings. The molecule has 0 amide bonds. The molecule has 1 aliphatic heterocycles. The Bertz CT molecular complexity index is 558. The smallest absolute Gasteiger partial charge is 0.243 e. The third-order valence-corrected chi connectivity index (χ3v) is 5.78. The van der Waals surface area contributed by atoms with Crippen molar-refractivity contribution in [3.63, 3.8) is 0 Å². The SMILES string of the molecule is O=C(Cl)[C@@H]1CCCN1S(=O)(=O)c1ccc(I)cc1. The van der Waals surface area contributed by atoms with E-state index in [9.17, 15) is 13.2 Å². The van der Waals surface area contributed by atoms with Gasteiger partial charge in [0.05, 0.1) is 10.9 Å². The summed E-state index contributed by atoms with van der Waals surface area (Å²) >= 11 is 7.56. The maximum absolute atomic E-state index is 12.4. The fourth-order valence-electron chi connectivity index (χ4n) is 2.00. The van der Waals surface area contributed by atoms with E-state index in [1.165, 1.54) is 4.31 Å². The zero-order valence-electron chi connectivity index (χ0n) is 9.34. The van der Waals surface area contributed by atoms with Gasteiger partial charge in [0.15, 0.2) is 0 Å². The molecule has 1 aromatic rings. The molecule has 98 valence electrons. The highest BCUT2D eigenvalue weighted by molar-refractivity contribution is 14.1. The molecule has 7 heteroatoms. The molecule has 0 bridgehead atoms. The van der Waals surface area contributed by atoms with Gasteiger partial charge in [-0.2, -0.15) is 4.31 Å². The molecule has 0 aromatic heterocycles. The van der Waals surface area contributed by atoms with Gasteiger partial charge in [0.2, 0.25) is 15.3 Å². The molecule has 1 atom stereocenters. The Morgan fingerprint density at radius 3 is 2.50 bits per heavy atom. The third-order valence-electron chi connectivity index (χ3n) is 2.89. The minimum absolute atomic E-state index is 0.202. The Kier molecular flexibility index (Phi) is 4.30. The first-order valence-corrected chi connectivity index (χ1v) is 8.29. The van der Waals surface area contributed by atoms with Crippen LogP contribution in [0.4, 0.5) is 0 Å². The van der Waals surface area contributed by atoms with Crippen LogP contribution in [0.2, 0.25) is 0 Å². The van der Waals surface area contributed by atoms with Crippen LogP contribution in [0, 0.1) is 3.57 Å². The van der Waals surface area contributed by atoms with E-state index in [0.717, 1.165) is 3.57 Å². The Morgan fingerprint density at radius 2 is 1.94 bits per heavy atom. The highest BCUT2D eigenvalue weighted by atomic mass is 127. The molecule has 18 heavy (non-hydrogen) atoms. The van der Waals surface area contributed by atoms with E-state index in [2.05, 4.69) is 22.6 Å². The standard InChI is InChI=1S/C11H11ClINO3S/c12-11(15)10-2-1-7-14(10)18(16,17)9-5-3-8(13)4-6-9/h3-6,10H,1-2,7H2/t10-/m0/s1. The van der Waals surface area contributed by atoms with E-state index < -0.39 is 21.3 Å². The summed E-state index contributed by atoms with van der Waals surface area (Å²) in [6, 6.07) is 5.81. The minimum Gasteiger partial charge on any atom is -0.279 e. The molecule has 4 nitrogen and oxygen atoms in total. The predicted molar refractivity (Wildman–Crippen MR) is 76.9 cm³/mol. The van der Waals surface area contributed by atoms with Crippen LogP contribution in [0.3, 0.4) is 0 Å². The molecule has 0 aliphatic carbocycles. The van der Waals surface area contributed by atoms with E-state index >= 15 is 0 Å². The average molecular weight is 400 g/mol. The number of hydrogen-bond donors (Lipinski definition) is 0. The first-order chi connectivity index (χ1) is 8.43. The normalized spacial score (nSPS) is 21.1. The lowest BCUT2D eigenvalue weighted by Crippen LogP contribution is -2.38. The second-order valence-corrected chi connectivity index (χ2v) is 7.54. The molecule has 0 N–H and O–H groups in total. The summed E-state index contributed by atoms with van der Waals surface area (Å²) < 4.78 is 26.9. The maximum atomic E-state index is 12.4. The van der Waals surface area contributed by atoms with Crippen molar-refractivity contribution in [2.75, 3.05) is 6.54 Å². The van der Waals surface area contributed by atoms with Crippen molar-refractivity contribution >= 4 is 49.5 Å². The van der Waals surface area contributed by atoms with Crippen LogP contribution in [-0.2, 0) is 14.8 Å². The van der Waals surface area contributed by atoms with Crippen LogP contribution in [0.15, 0.2) is 29.2 Å². The fourth-order valence-corrected chi connectivity index (χ4v) is 4.30. The number of halogens is 2. The van der Waals surface area contributed by atoms with Gasteiger partial charge in [0.1, 0.15) is 0 Å². The lowest BCUT2D eigenvalue weighted by atomic mass is 10.2. The van der Waals surface area contributed by atoms with Gasteiger partial charge in [-0.25, -0.2) is 8.42 Å². The van der Waals surface area contributed by atoms with Crippen LogP contribution < -0.4 is 0 Å². The summed E-state index contributed by atoms with van der Waals surface area (Å²) in [4.78, 5) is 11.4. The molecule has 2 rings (SSSR count). The van der Waals surface area contributed by atoms with Gasteiger partial charge in [-0.05, 0) is 71.3 Å². The van der Waals surface area contributed by atoms with Gasteiger partial charge in [0, 0.05) is 10.1 Å². The van der Waals surface area contributed by atoms with Gasteiger partial charge < -0.3 is 0 Å². The van der Waals surface area contributed by atoms with Crippen molar-refractivity contribution < 1.29 is 13.2 Å². The lowest BCUT2D eigenvalue weighted by Gasteiger charge is -2.21. The van der Waals surface area contributed by atoms with Crippen LogP contribution in [-0.4, -0.2) is 30.6 Å². The summed E-state index contributed by atoms with van der Waals surface area (Å²) in [5.74, 6) is 0. The van der Waals surface area contributed by atoms with E-state index in [1.807, 2.05) is 0 Å². The van der Waals surface area contributed by atoms with Crippen molar-refractivity contribution in [1.82, 2.24) is 4.31 Å². The van der Waals surface area contributed by atoms with Crippen molar-refractivity contribution in [2.45, 2.75) is 23.8 Å². The molecule has 1 saturated heterocycles. The van der Waals surface area contributed by atoms with Crippen LogP contribution in [0.1, 0.15) is 12.8 Å². The van der Waals surface area contributed by atoms with E-state index in [-0.39, 0.29) is 4.90 Å². The summed E-state index contributed by atoms with van der Waals surface area (Å²) in [6.07, 6.45) is 1.15. The first-order valence-electron chi connectivity index (χ1n) is 5.39. The largest absolute Gasteiger partial charge is 0.279 e. The van der Waals surface area contributed by atoms with Gasteiger partial charge in [-0.15, -0.1) is 0 Å². The Balaban J connectivity index is 2.36. The van der Waals surface area contributed by atoms with Crippen LogP contribution >= 0.6 is 34.2 Å². The van der Waals surface area contributed by atoms with Crippen molar-refractivity contribution in [3.05, 3.63) is 27.8 Å². The molecule has 0 unspecified atom stereocenters. The van der Waals surface area contributed by atoms with E-state index in [0.29, 0.717) is 19.4 Å². The average Bonchev–Trinajstić information content (AvgIpc) is 2.79. The zero-order valence-corrected chi connectivity index (χ0v) is 13.1. The van der Waals surface area contributed by atoms with Crippen molar-refractivity contribution in [1.29, 1.82) is 0 Å². The second-order valence-electron chi connectivity index (χ2n) is 4.03. The summed E-state index contributed by atoms with van der Waals surface area (Å²) in [5.41, 5.74) is 0. The molecule has 0 saturated carbocycles. The number of hydrogen-bond acceptors (Lipinski definition) is 3. The summed E-state index contributed by atoms with van der Waals surface area (Å²) in [6.45, 7) is 0.345. The molecule has 0 radical (unpaired) electrons. The molecular weight excluding hydrogens is 389 g/mol. The Labute approximate surface area is 124 Å². The maximum Gasteiger partial charge on any atom is 0.243 e. The summed E-state index contributed by atoms with van der Waals surface area (Å²) in [5, 5.41) is -0.610. The minimum atomic E-state index is -3.62. The number of nitrogens with zero attached hydrogens (tertiary/aromatic N) is 1. The fraction of sp³-hybridized carbons (Fsp3) is 0.364. The zero-order chi connectivity index (χ0) is 13.3. The van der Waals surface area contributed by atoms with Crippen LogP contribution in [0.5, 0.6) is 0 Å². The predicted octanol–water partition coefficient (Wildman–Crippen LogP) is 2.21. The molecule has 1 fully saturated rings. The monoisotopic (exact) mass is 399 g/mol.